The molecule has 4 aliphatic carbocycles. The summed E-state index contributed by atoms with van der Waals surface area (Å²) in [6.45, 7) is 8.53. The van der Waals surface area contributed by atoms with Crippen molar-refractivity contribution in [1.29, 1.82) is 0 Å². The van der Waals surface area contributed by atoms with E-state index in [0.717, 1.165) is 11.1 Å². The summed E-state index contributed by atoms with van der Waals surface area (Å²) in [6, 6.07) is 6.57. The number of nitrogens with one attached hydrogen (secondary N) is 2. The molecule has 0 bridgehead atoms. The monoisotopic (exact) mass is 742 g/mol. The molecular weight excluding hydrogens is 691 g/mol. The van der Waals surface area contributed by atoms with Crippen LogP contribution in [0.2, 0.25) is 0 Å². The molecule has 1 aliphatic heterocycles. The predicted molar refractivity (Wildman–Crippen MR) is 179 cm³/mol. The first-order valence-corrected chi connectivity index (χ1v) is 18.4. The summed E-state index contributed by atoms with van der Waals surface area (Å²) in [5.41, 5.74) is -3.59. The topological polar surface area (TPSA) is 126 Å². The second kappa shape index (κ2) is 13.5. The predicted octanol–water partition coefficient (Wildman–Crippen LogP) is 6.66. The molecule has 1 heterocycles. The molecule has 6 rings (SSSR count). The van der Waals surface area contributed by atoms with Gasteiger partial charge in [-0.05, 0) is 74.0 Å². The summed E-state index contributed by atoms with van der Waals surface area (Å²) in [4.78, 5) is 23.8. The van der Waals surface area contributed by atoms with E-state index >= 15 is 8.78 Å². The van der Waals surface area contributed by atoms with Gasteiger partial charge in [0, 0.05) is 42.7 Å². The van der Waals surface area contributed by atoms with Gasteiger partial charge in [0.1, 0.15) is 5.60 Å². The van der Waals surface area contributed by atoms with Gasteiger partial charge in [-0.25, -0.2) is 4.79 Å². The Labute approximate surface area is 301 Å². The SMILES string of the molecule is CCOC(=O)CCNC(=O)NCc1ccc([C@H]2C[C@@]3(C)[C@@H](CC[C@@]3(O)C(F)(F)C(F)(F)F)[C@@H]3CC[C@@]4(O)CC5(CCC4=C32)OCC(C)(C)CO5)cc1. The summed E-state index contributed by atoms with van der Waals surface area (Å²) in [7, 11) is 0. The maximum atomic E-state index is 15.4. The normalized spacial score (nSPS) is 33.9. The zero-order valence-corrected chi connectivity index (χ0v) is 30.3. The number of halogens is 5. The minimum absolute atomic E-state index is 0.00294. The standard InChI is InChI=1S/C38H51F5N2O7/c1-5-50-29(46)13-17-44-31(47)45-19-23-6-8-24(9-7-23)26-18-33(4)27(12-16-36(33,49)37(39,40)38(41,42)43)25-10-14-34(48)20-35(15-11-28(34)30(25)26)51-21-32(2,3)22-52-35/h6-9,25-27,48-49H,5,10-22H2,1-4H3,(H2,44,45,47)/t25-,26+,27-,33-,34+,36-/m0/s1. The highest BCUT2D eigenvalue weighted by molar-refractivity contribution is 5.75. The third-order valence-electron chi connectivity index (χ3n) is 12.6. The van der Waals surface area contributed by atoms with E-state index in [2.05, 4.69) is 10.6 Å². The number of aliphatic hydroxyl groups is 2. The zero-order valence-electron chi connectivity index (χ0n) is 30.3. The molecule has 290 valence electrons. The van der Waals surface area contributed by atoms with Crippen molar-refractivity contribution in [3.05, 3.63) is 46.5 Å². The van der Waals surface area contributed by atoms with E-state index in [1.165, 1.54) is 6.92 Å². The number of allylic oxidation sites excluding steroid dienone is 1. The third kappa shape index (κ3) is 6.63. The van der Waals surface area contributed by atoms with Crippen LogP contribution in [0.15, 0.2) is 35.4 Å². The summed E-state index contributed by atoms with van der Waals surface area (Å²) in [6.07, 6.45) is -5.07. The van der Waals surface area contributed by atoms with E-state index in [0.29, 0.717) is 43.6 Å². The lowest BCUT2D eigenvalue weighted by atomic mass is 9.49. The molecule has 2 amide bonds. The van der Waals surface area contributed by atoms with Crippen molar-refractivity contribution < 1.29 is 56.0 Å². The van der Waals surface area contributed by atoms with Crippen LogP contribution in [0.4, 0.5) is 26.7 Å². The Morgan fingerprint density at radius 3 is 2.27 bits per heavy atom. The minimum atomic E-state index is -5.94. The number of hydrogen-bond donors (Lipinski definition) is 4. The van der Waals surface area contributed by atoms with Crippen molar-refractivity contribution in [1.82, 2.24) is 10.6 Å². The molecule has 6 atom stereocenters. The van der Waals surface area contributed by atoms with Crippen LogP contribution in [0, 0.1) is 22.7 Å². The number of hydrogen-bond acceptors (Lipinski definition) is 7. The second-order valence-electron chi connectivity index (χ2n) is 16.6. The van der Waals surface area contributed by atoms with Gasteiger partial charge >= 0.3 is 24.1 Å². The van der Waals surface area contributed by atoms with E-state index in [4.69, 9.17) is 14.2 Å². The van der Waals surface area contributed by atoms with Gasteiger partial charge in [-0.2, -0.15) is 22.0 Å². The first-order chi connectivity index (χ1) is 24.2. The molecule has 9 nitrogen and oxygen atoms in total. The molecule has 14 heteroatoms. The fourth-order valence-electron chi connectivity index (χ4n) is 9.93. The molecule has 0 aromatic heterocycles. The smallest absolute Gasteiger partial charge is 0.456 e. The van der Waals surface area contributed by atoms with Crippen LogP contribution in [0.1, 0.15) is 103 Å². The van der Waals surface area contributed by atoms with Gasteiger partial charge in [0.2, 0.25) is 0 Å². The number of carbonyl (C=O) groups is 2. The first kappa shape index (κ1) is 38.9. The van der Waals surface area contributed by atoms with Crippen molar-refractivity contribution in [2.24, 2.45) is 22.7 Å². The van der Waals surface area contributed by atoms with Gasteiger partial charge in [-0.15, -0.1) is 0 Å². The minimum Gasteiger partial charge on any atom is -0.466 e. The molecule has 4 fully saturated rings. The average Bonchev–Trinajstić information content (AvgIpc) is 3.35. The Kier molecular flexibility index (Phi) is 10.1. The van der Waals surface area contributed by atoms with Crippen LogP contribution < -0.4 is 10.6 Å². The van der Waals surface area contributed by atoms with Crippen molar-refractivity contribution in [2.75, 3.05) is 26.4 Å². The largest absolute Gasteiger partial charge is 0.466 e. The van der Waals surface area contributed by atoms with Crippen LogP contribution in [0.25, 0.3) is 0 Å². The molecule has 5 aliphatic rings. The molecule has 0 unspecified atom stereocenters. The van der Waals surface area contributed by atoms with E-state index in [9.17, 15) is 33.0 Å². The van der Waals surface area contributed by atoms with Gasteiger partial charge in [-0.3, -0.25) is 4.79 Å². The van der Waals surface area contributed by atoms with Crippen LogP contribution in [0.3, 0.4) is 0 Å². The van der Waals surface area contributed by atoms with Gasteiger partial charge in [-0.1, -0.05) is 50.6 Å². The zero-order chi connectivity index (χ0) is 38.0. The molecule has 0 radical (unpaired) electrons. The fraction of sp³-hybridized carbons (Fsp3) is 0.737. The molecule has 4 N–H and O–H groups in total. The van der Waals surface area contributed by atoms with Crippen LogP contribution in [-0.2, 0) is 25.5 Å². The molecule has 52 heavy (non-hydrogen) atoms. The average molecular weight is 743 g/mol. The molecule has 1 aromatic carbocycles. The molecular formula is C38H51F5N2O7. The summed E-state index contributed by atoms with van der Waals surface area (Å²) in [5, 5.41) is 29.3. The number of esters is 1. The van der Waals surface area contributed by atoms with Crippen molar-refractivity contribution in [3.63, 3.8) is 0 Å². The highest BCUT2D eigenvalue weighted by Gasteiger charge is 2.79. The Morgan fingerprint density at radius 1 is 0.962 bits per heavy atom. The van der Waals surface area contributed by atoms with Crippen molar-refractivity contribution >= 4 is 12.0 Å². The lowest BCUT2D eigenvalue weighted by Gasteiger charge is -2.59. The number of amides is 2. The fourth-order valence-corrected chi connectivity index (χ4v) is 9.93. The number of ether oxygens (including phenoxy) is 3. The van der Waals surface area contributed by atoms with E-state index in [1.807, 2.05) is 13.8 Å². The summed E-state index contributed by atoms with van der Waals surface area (Å²) >= 11 is 0. The maximum absolute atomic E-state index is 15.4. The van der Waals surface area contributed by atoms with E-state index < -0.39 is 70.7 Å². The van der Waals surface area contributed by atoms with Crippen LogP contribution >= 0.6 is 0 Å². The van der Waals surface area contributed by atoms with Crippen molar-refractivity contribution in [3.8, 4) is 0 Å². The van der Waals surface area contributed by atoms with Gasteiger partial charge < -0.3 is 35.1 Å². The van der Waals surface area contributed by atoms with E-state index in [1.54, 1.807) is 31.2 Å². The van der Waals surface area contributed by atoms with E-state index in [-0.39, 0.29) is 57.2 Å². The van der Waals surface area contributed by atoms with Crippen LogP contribution in [0.5, 0.6) is 0 Å². The summed E-state index contributed by atoms with van der Waals surface area (Å²) < 4.78 is 90.2. The summed E-state index contributed by atoms with van der Waals surface area (Å²) in [5.74, 6) is -8.46. The first-order valence-electron chi connectivity index (χ1n) is 18.4. The molecule has 3 saturated carbocycles. The Hall–Kier alpha value is -2.81. The Bertz CT molecular complexity index is 1560. The number of carbonyl (C=O) groups excluding carboxylic acids is 2. The quantitative estimate of drug-likeness (QED) is 0.133. The van der Waals surface area contributed by atoms with Gasteiger partial charge in [0.05, 0.1) is 31.8 Å². The Morgan fingerprint density at radius 2 is 1.63 bits per heavy atom. The number of rotatable bonds is 8. The number of benzene rings is 1. The highest BCUT2D eigenvalue weighted by atomic mass is 19.4. The number of fused-ring (bicyclic) bond motifs is 4. The van der Waals surface area contributed by atoms with Gasteiger partial charge in [0.15, 0.2) is 5.79 Å². The third-order valence-corrected chi connectivity index (χ3v) is 12.6. The molecule has 1 spiro atoms. The van der Waals surface area contributed by atoms with Crippen molar-refractivity contribution in [2.45, 2.75) is 127 Å². The van der Waals surface area contributed by atoms with Gasteiger partial charge in [0.25, 0.3) is 0 Å². The van der Waals surface area contributed by atoms with Crippen LogP contribution in [-0.4, -0.2) is 77.7 Å². The highest BCUT2D eigenvalue weighted by Crippen LogP contribution is 2.71. The molecule has 1 aromatic rings. The lowest BCUT2D eigenvalue weighted by Crippen LogP contribution is -2.65. The number of alkyl halides is 5. The second-order valence-corrected chi connectivity index (χ2v) is 16.6. The Balaban J connectivity index is 1.31. The number of urea groups is 1. The maximum Gasteiger partial charge on any atom is 0.456 e. The lowest BCUT2D eigenvalue weighted by molar-refractivity contribution is -0.362. The molecule has 1 saturated heterocycles.